The fraction of sp³-hybridized carbons (Fsp3) is 0.455. The first-order valence-electron chi connectivity index (χ1n) is 8.52. The largest absolute Gasteiger partial charge is 0.454 e. The van der Waals surface area contributed by atoms with Gasteiger partial charge in [0, 0.05) is 11.5 Å². The molecule has 0 amide bonds. The Kier molecular flexibility index (Phi) is 0.947. The van der Waals surface area contributed by atoms with Crippen LogP contribution in [0.2, 0.25) is 0 Å². The molecule has 0 aliphatic carbocycles. The lowest BCUT2D eigenvalue weighted by Crippen LogP contribution is -2.23. The average molecular weight is 202 g/mol. The second kappa shape index (κ2) is 3.88. The number of rotatable bonds is 3. The Balaban J connectivity index is 2.44. The van der Waals surface area contributed by atoms with Gasteiger partial charge in [-0.2, -0.15) is 0 Å². The van der Waals surface area contributed by atoms with Crippen molar-refractivity contribution >= 4 is 0 Å². The zero-order valence-electron chi connectivity index (χ0n) is 16.5. The van der Waals surface area contributed by atoms with E-state index < -0.39 is 37.9 Å². The monoisotopic (exact) mass is 202 g/mol. The molecule has 0 bridgehead atoms. The van der Waals surface area contributed by atoms with Crippen LogP contribution in [0.15, 0.2) is 18.1 Å². The average Bonchev–Trinajstić information content (AvgIpc) is 2.65. The third-order valence-electron chi connectivity index (χ3n) is 1.74. The minimum absolute atomic E-state index is 0.0932. The number of fused-ring (bicyclic) bond motifs is 1. The van der Waals surface area contributed by atoms with Gasteiger partial charge >= 0.3 is 0 Å². The van der Waals surface area contributed by atoms with Crippen LogP contribution in [0.1, 0.15) is 24.8 Å². The van der Waals surface area contributed by atoms with Crippen molar-refractivity contribution in [2.75, 3.05) is 13.7 Å². The van der Waals surface area contributed by atoms with Crippen molar-refractivity contribution in [2.24, 2.45) is 0 Å². The second-order valence-electron chi connectivity index (χ2n) is 2.88. The van der Waals surface area contributed by atoms with Crippen molar-refractivity contribution < 1.29 is 21.8 Å². The third-order valence-corrected chi connectivity index (χ3v) is 1.74. The van der Waals surface area contributed by atoms with Gasteiger partial charge in [-0.1, -0.05) is 6.04 Å². The SMILES string of the molecule is [2H]c1c([2H])c2c(c([2H])c1CC([2H])(C)NC([2H])([2H])[2H])OC([2H])([2H])O2. The van der Waals surface area contributed by atoms with Gasteiger partial charge in [-0.15, -0.1) is 0 Å². The maximum absolute atomic E-state index is 8.03. The highest BCUT2D eigenvalue weighted by Crippen LogP contribution is 2.32. The predicted octanol–water partition coefficient (Wildman–Crippen LogP) is 1.57. The summed E-state index contributed by atoms with van der Waals surface area (Å²) < 4.78 is 77.7. The van der Waals surface area contributed by atoms with Gasteiger partial charge < -0.3 is 14.8 Å². The molecule has 1 aromatic carbocycles. The fourth-order valence-corrected chi connectivity index (χ4v) is 1.06. The molecule has 1 aliphatic heterocycles. The molecule has 2 rings (SSSR count). The van der Waals surface area contributed by atoms with Crippen molar-refractivity contribution in [3.05, 3.63) is 23.7 Å². The van der Waals surface area contributed by atoms with Gasteiger partial charge in [-0.25, -0.2) is 0 Å². The van der Waals surface area contributed by atoms with Gasteiger partial charge in [0.15, 0.2) is 11.5 Å². The molecule has 1 aliphatic rings. The Morgan fingerprint density at radius 1 is 1.71 bits per heavy atom. The number of ether oxygens (including phenoxy) is 2. The summed E-state index contributed by atoms with van der Waals surface area (Å²) >= 11 is 0. The Bertz CT molecular complexity index is 642. The molecular weight excluding hydrogens is 178 g/mol. The molecule has 1 aromatic rings. The lowest BCUT2D eigenvalue weighted by molar-refractivity contribution is 0.174. The highest BCUT2D eigenvalue weighted by Gasteiger charge is 2.13. The lowest BCUT2D eigenvalue weighted by Gasteiger charge is -2.09. The van der Waals surface area contributed by atoms with Gasteiger partial charge in [0.05, 0.1) is 4.11 Å². The Hall–Kier alpha value is -1.22. The minimum atomic E-state index is -2.58. The summed E-state index contributed by atoms with van der Waals surface area (Å²) in [5, 5.41) is 2.09. The van der Waals surface area contributed by atoms with E-state index in [1.807, 2.05) is 0 Å². The van der Waals surface area contributed by atoms with Gasteiger partial charge in [0.25, 0.3) is 0 Å². The van der Waals surface area contributed by atoms with E-state index in [1.54, 1.807) is 0 Å². The number of likely N-dealkylation sites (N-methyl/N-ethyl adjacent to an activating group) is 1. The fourth-order valence-electron chi connectivity index (χ4n) is 1.06. The summed E-state index contributed by atoms with van der Waals surface area (Å²) in [5.41, 5.74) is -0.0932. The van der Waals surface area contributed by atoms with Crippen molar-refractivity contribution in [1.29, 1.82) is 0 Å². The molecule has 0 saturated carbocycles. The lowest BCUT2D eigenvalue weighted by atomic mass is 10.1. The summed E-state index contributed by atoms with van der Waals surface area (Å²) in [6.45, 7) is -3.86. The second-order valence-corrected chi connectivity index (χ2v) is 2.88. The van der Waals surface area contributed by atoms with Crippen molar-refractivity contribution in [2.45, 2.75) is 19.4 Å². The van der Waals surface area contributed by atoms with E-state index in [2.05, 4.69) is 5.32 Å². The van der Waals surface area contributed by atoms with Crippen LogP contribution in [-0.2, 0) is 6.42 Å². The molecule has 1 atom stereocenters. The summed E-state index contributed by atoms with van der Waals surface area (Å²) in [6, 6.07) is -3.03. The molecule has 3 nitrogen and oxygen atoms in total. The molecule has 0 aromatic heterocycles. The molecule has 1 heterocycles. The smallest absolute Gasteiger partial charge is 0.231 e. The van der Waals surface area contributed by atoms with Gasteiger partial charge in [0.1, 0.15) is 2.74 Å². The van der Waals surface area contributed by atoms with Crippen LogP contribution < -0.4 is 14.8 Å². The molecule has 1 unspecified atom stereocenters. The standard InChI is InChI=1S/C11H15NO2/c1-8(12-2)5-9-3-4-10-11(6-9)14-7-13-10/h3-4,6,8,12H,5,7H2,1-2H3/i2D3,3D,4D,6D,7D2,8D. The predicted molar refractivity (Wildman–Crippen MR) is 54.8 cm³/mol. The maximum Gasteiger partial charge on any atom is 0.231 e. The number of hydrogen-bond acceptors (Lipinski definition) is 3. The Labute approximate surface area is 96.7 Å². The molecule has 0 fully saturated rings. The van der Waals surface area contributed by atoms with E-state index in [0.717, 1.165) is 0 Å². The van der Waals surface area contributed by atoms with Crippen LogP contribution in [0.5, 0.6) is 11.5 Å². The third kappa shape index (κ3) is 1.82. The summed E-state index contributed by atoms with van der Waals surface area (Å²) in [4.78, 5) is 0. The normalized spacial score (nSPS) is 31.6. The van der Waals surface area contributed by atoms with Crippen molar-refractivity contribution in [3.63, 3.8) is 0 Å². The zero-order chi connectivity index (χ0) is 17.8. The van der Waals surface area contributed by atoms with Gasteiger partial charge in [-0.05, 0) is 38.0 Å². The van der Waals surface area contributed by atoms with Gasteiger partial charge in [-0.3, -0.25) is 0 Å². The van der Waals surface area contributed by atoms with Crippen LogP contribution in [0, 0.1) is 0 Å². The molecule has 1 N–H and O–H groups in total. The van der Waals surface area contributed by atoms with Crippen LogP contribution in [-0.4, -0.2) is 19.7 Å². The van der Waals surface area contributed by atoms with Crippen LogP contribution >= 0.6 is 0 Å². The Morgan fingerprint density at radius 2 is 2.57 bits per heavy atom. The minimum Gasteiger partial charge on any atom is -0.454 e. The van der Waals surface area contributed by atoms with E-state index in [-0.39, 0.29) is 23.5 Å². The van der Waals surface area contributed by atoms with Crippen molar-refractivity contribution in [1.82, 2.24) is 5.32 Å². The zero-order valence-corrected chi connectivity index (χ0v) is 7.52. The number of benzene rings is 1. The first-order chi connectivity index (χ1) is 10.2. The molecule has 0 saturated heterocycles. The van der Waals surface area contributed by atoms with Crippen molar-refractivity contribution in [3.8, 4) is 11.5 Å². The maximum atomic E-state index is 8.03. The highest BCUT2D eigenvalue weighted by molar-refractivity contribution is 5.44. The molecule has 76 valence electrons. The van der Waals surface area contributed by atoms with E-state index >= 15 is 0 Å². The summed E-state index contributed by atoms with van der Waals surface area (Å²) in [7, 11) is 0. The first kappa shape index (κ1) is 3.42. The molecular formula is C11H15NO2. The van der Waals surface area contributed by atoms with Crippen LogP contribution in [0.25, 0.3) is 0 Å². The summed E-state index contributed by atoms with van der Waals surface area (Å²) in [6.07, 6.45) is -0.353. The summed E-state index contributed by atoms with van der Waals surface area (Å²) in [5.74, 6) is -0.667. The molecule has 14 heavy (non-hydrogen) atoms. The van der Waals surface area contributed by atoms with Crippen LogP contribution in [0.4, 0.5) is 0 Å². The number of hydrogen-bond donors (Lipinski definition) is 1. The quantitative estimate of drug-likeness (QED) is 0.807. The Morgan fingerprint density at radius 3 is 3.43 bits per heavy atom. The van der Waals surface area contributed by atoms with E-state index in [0.29, 0.717) is 0 Å². The molecule has 3 heteroatoms. The topological polar surface area (TPSA) is 30.5 Å². The van der Waals surface area contributed by atoms with E-state index in [9.17, 15) is 0 Å². The van der Waals surface area contributed by atoms with Gasteiger partial charge in [0.2, 0.25) is 6.75 Å². The van der Waals surface area contributed by atoms with E-state index in [4.69, 9.17) is 21.8 Å². The van der Waals surface area contributed by atoms with Crippen LogP contribution in [0.3, 0.4) is 0 Å². The van der Waals surface area contributed by atoms with E-state index in [1.165, 1.54) is 6.92 Å². The molecule has 0 spiro atoms. The highest BCUT2D eigenvalue weighted by atomic mass is 16.7. The first-order valence-corrected chi connectivity index (χ1v) is 4.02. The number of nitrogens with one attached hydrogen (secondary N) is 1. The molecule has 0 radical (unpaired) electrons.